The predicted molar refractivity (Wildman–Crippen MR) is 77.2 cm³/mol. The first-order valence-corrected chi connectivity index (χ1v) is 6.94. The van der Waals surface area contributed by atoms with Gasteiger partial charge in [-0.2, -0.15) is 15.0 Å². The van der Waals surface area contributed by atoms with Crippen LogP contribution >= 0.6 is 0 Å². The number of nitrogens with zero attached hydrogens (tertiary/aromatic N) is 4. The zero-order chi connectivity index (χ0) is 14.2. The van der Waals surface area contributed by atoms with Gasteiger partial charge in [0.2, 0.25) is 17.8 Å². The topological polar surface area (TPSA) is 95.4 Å². The summed E-state index contributed by atoms with van der Waals surface area (Å²) in [7, 11) is 1.79. The van der Waals surface area contributed by atoms with Gasteiger partial charge in [0.05, 0.1) is 19.8 Å². The minimum absolute atomic E-state index is 0.0365. The van der Waals surface area contributed by atoms with Gasteiger partial charge in [-0.25, -0.2) is 0 Å². The van der Waals surface area contributed by atoms with Crippen LogP contribution in [0.1, 0.15) is 12.8 Å². The third-order valence-electron chi connectivity index (χ3n) is 3.00. The molecule has 8 nitrogen and oxygen atoms in total. The number of hydrogen-bond donors (Lipinski definition) is 3. The largest absolute Gasteiger partial charge is 0.394 e. The van der Waals surface area contributed by atoms with Crippen LogP contribution in [0.3, 0.4) is 0 Å². The first kappa shape index (κ1) is 14.7. The predicted octanol–water partition coefficient (Wildman–Crippen LogP) is -0.0657. The highest BCUT2D eigenvalue weighted by Crippen LogP contribution is 2.18. The van der Waals surface area contributed by atoms with Gasteiger partial charge >= 0.3 is 0 Å². The molecule has 0 saturated carbocycles. The summed E-state index contributed by atoms with van der Waals surface area (Å²) in [4.78, 5) is 15.2. The van der Waals surface area contributed by atoms with Gasteiger partial charge in [0.25, 0.3) is 0 Å². The van der Waals surface area contributed by atoms with Gasteiger partial charge in [-0.3, -0.25) is 0 Å². The Kier molecular flexibility index (Phi) is 5.75. The molecule has 1 aliphatic heterocycles. The Bertz CT molecular complexity index is 411. The molecule has 2 heterocycles. The number of nitrogens with one attached hydrogen (secondary N) is 2. The summed E-state index contributed by atoms with van der Waals surface area (Å²) < 4.78 is 5.18. The molecule has 112 valence electrons. The van der Waals surface area contributed by atoms with Crippen molar-refractivity contribution in [3.05, 3.63) is 0 Å². The highest BCUT2D eigenvalue weighted by molar-refractivity contribution is 5.44. The molecule has 0 radical (unpaired) electrons. The molecule has 0 aromatic carbocycles. The second-order valence-corrected chi connectivity index (χ2v) is 4.49. The van der Waals surface area contributed by atoms with Crippen LogP contribution < -0.4 is 15.5 Å². The minimum Gasteiger partial charge on any atom is -0.394 e. The standard InChI is InChI=1S/C12H22N6O2/c1-13-10-15-11(14-4-8-20-9-7-19)17-12(16-10)18-5-2-3-6-18/h19H,2-9H2,1H3,(H2,13,14,15,16,17). The van der Waals surface area contributed by atoms with E-state index in [0.29, 0.717) is 37.6 Å². The van der Waals surface area contributed by atoms with Crippen LogP contribution in [0.15, 0.2) is 0 Å². The normalized spacial score (nSPS) is 14.6. The van der Waals surface area contributed by atoms with E-state index in [-0.39, 0.29) is 6.61 Å². The van der Waals surface area contributed by atoms with Crippen LogP contribution in [0.4, 0.5) is 17.8 Å². The van der Waals surface area contributed by atoms with E-state index in [1.54, 1.807) is 7.05 Å². The molecule has 3 N–H and O–H groups in total. The quantitative estimate of drug-likeness (QED) is 0.571. The van der Waals surface area contributed by atoms with Crippen molar-refractivity contribution in [2.75, 3.05) is 62.0 Å². The maximum Gasteiger partial charge on any atom is 0.231 e. The van der Waals surface area contributed by atoms with E-state index in [4.69, 9.17) is 9.84 Å². The summed E-state index contributed by atoms with van der Waals surface area (Å²) in [5, 5.41) is 14.7. The average Bonchev–Trinajstić information content (AvgIpc) is 3.01. The Balaban J connectivity index is 1.94. The van der Waals surface area contributed by atoms with Crippen LogP contribution in [-0.2, 0) is 4.74 Å². The number of anilines is 3. The van der Waals surface area contributed by atoms with Crippen molar-refractivity contribution in [1.29, 1.82) is 0 Å². The molecule has 0 atom stereocenters. The highest BCUT2D eigenvalue weighted by atomic mass is 16.5. The molecule has 0 aliphatic carbocycles. The van der Waals surface area contributed by atoms with Crippen LogP contribution in [0.5, 0.6) is 0 Å². The van der Waals surface area contributed by atoms with Crippen LogP contribution in [-0.4, -0.2) is 66.6 Å². The smallest absolute Gasteiger partial charge is 0.231 e. The van der Waals surface area contributed by atoms with Gasteiger partial charge in [0, 0.05) is 26.7 Å². The monoisotopic (exact) mass is 282 g/mol. The zero-order valence-electron chi connectivity index (χ0n) is 11.8. The minimum atomic E-state index is 0.0365. The zero-order valence-corrected chi connectivity index (χ0v) is 11.8. The van der Waals surface area contributed by atoms with Gasteiger partial charge in [0.1, 0.15) is 0 Å². The summed E-state index contributed by atoms with van der Waals surface area (Å²) in [5.41, 5.74) is 0. The Morgan fingerprint density at radius 1 is 1.15 bits per heavy atom. The van der Waals surface area contributed by atoms with Crippen molar-refractivity contribution in [2.45, 2.75) is 12.8 Å². The number of aliphatic hydroxyl groups is 1. The fourth-order valence-electron chi connectivity index (χ4n) is 2.02. The molecule has 8 heteroatoms. The molecule has 1 aliphatic rings. The third-order valence-corrected chi connectivity index (χ3v) is 3.00. The molecule has 1 aromatic heterocycles. The highest BCUT2D eigenvalue weighted by Gasteiger charge is 2.16. The molecule has 2 rings (SSSR count). The van der Waals surface area contributed by atoms with Crippen molar-refractivity contribution in [2.24, 2.45) is 0 Å². The lowest BCUT2D eigenvalue weighted by atomic mass is 10.4. The number of rotatable bonds is 8. The van der Waals surface area contributed by atoms with Crippen molar-refractivity contribution < 1.29 is 9.84 Å². The number of aromatic nitrogens is 3. The summed E-state index contributed by atoms with van der Waals surface area (Å²) in [6.45, 7) is 3.46. The molecule has 0 bridgehead atoms. The van der Waals surface area contributed by atoms with Gasteiger partial charge in [0.15, 0.2) is 0 Å². The van der Waals surface area contributed by atoms with Crippen molar-refractivity contribution in [3.63, 3.8) is 0 Å². The maximum atomic E-state index is 8.62. The van der Waals surface area contributed by atoms with E-state index < -0.39 is 0 Å². The molecule has 20 heavy (non-hydrogen) atoms. The molecule has 0 amide bonds. The second kappa shape index (κ2) is 7.81. The number of hydrogen-bond acceptors (Lipinski definition) is 8. The van der Waals surface area contributed by atoms with Crippen LogP contribution in [0.25, 0.3) is 0 Å². The Morgan fingerprint density at radius 3 is 2.60 bits per heavy atom. The summed E-state index contributed by atoms with van der Waals surface area (Å²) in [6, 6.07) is 0. The van der Waals surface area contributed by atoms with Crippen molar-refractivity contribution in [1.82, 2.24) is 15.0 Å². The summed E-state index contributed by atoms with van der Waals surface area (Å²) in [5.74, 6) is 1.81. The van der Waals surface area contributed by atoms with E-state index >= 15 is 0 Å². The lowest BCUT2D eigenvalue weighted by Gasteiger charge is -2.16. The molecule has 1 saturated heterocycles. The summed E-state index contributed by atoms with van der Waals surface area (Å²) >= 11 is 0. The fraction of sp³-hybridized carbons (Fsp3) is 0.750. The first-order chi connectivity index (χ1) is 9.83. The molecular formula is C12H22N6O2. The number of aliphatic hydroxyl groups excluding tert-OH is 1. The van der Waals surface area contributed by atoms with Gasteiger partial charge in [-0.15, -0.1) is 0 Å². The molecule has 1 fully saturated rings. The lowest BCUT2D eigenvalue weighted by Crippen LogP contribution is -2.22. The van der Waals surface area contributed by atoms with E-state index in [9.17, 15) is 0 Å². The van der Waals surface area contributed by atoms with Crippen LogP contribution in [0.2, 0.25) is 0 Å². The van der Waals surface area contributed by atoms with E-state index in [0.717, 1.165) is 13.1 Å². The average molecular weight is 282 g/mol. The van der Waals surface area contributed by atoms with Crippen molar-refractivity contribution >= 4 is 17.8 Å². The van der Waals surface area contributed by atoms with Crippen molar-refractivity contribution in [3.8, 4) is 0 Å². The Morgan fingerprint density at radius 2 is 1.90 bits per heavy atom. The molecule has 0 unspecified atom stereocenters. The van der Waals surface area contributed by atoms with Gasteiger partial charge in [-0.1, -0.05) is 0 Å². The Labute approximate surface area is 118 Å². The van der Waals surface area contributed by atoms with E-state index in [1.165, 1.54) is 12.8 Å². The van der Waals surface area contributed by atoms with Crippen LogP contribution in [0, 0.1) is 0 Å². The molecular weight excluding hydrogens is 260 g/mol. The number of ether oxygens (including phenoxy) is 1. The fourth-order valence-corrected chi connectivity index (χ4v) is 2.02. The summed E-state index contributed by atoms with van der Waals surface area (Å²) in [6.07, 6.45) is 2.36. The van der Waals surface area contributed by atoms with E-state index in [2.05, 4.69) is 30.5 Å². The Hall–Kier alpha value is -1.67. The lowest BCUT2D eigenvalue weighted by molar-refractivity contribution is 0.0991. The second-order valence-electron chi connectivity index (χ2n) is 4.49. The molecule has 0 spiro atoms. The van der Waals surface area contributed by atoms with E-state index in [1.807, 2.05) is 0 Å². The first-order valence-electron chi connectivity index (χ1n) is 6.94. The van der Waals surface area contributed by atoms with Gasteiger partial charge in [-0.05, 0) is 12.8 Å². The SMILES string of the molecule is CNc1nc(NCCOCCO)nc(N2CCCC2)n1. The molecule has 1 aromatic rings. The maximum absolute atomic E-state index is 8.62. The third kappa shape index (κ3) is 4.17. The van der Waals surface area contributed by atoms with Gasteiger partial charge < -0.3 is 25.4 Å².